The molecule has 1 aliphatic rings. The molecule has 0 aromatic rings. The van der Waals surface area contributed by atoms with Crippen LogP contribution in [0.3, 0.4) is 0 Å². The van der Waals surface area contributed by atoms with Crippen molar-refractivity contribution in [2.75, 3.05) is 19.8 Å². The number of esters is 2. The number of carbonyl (C=O) groups is 2. The van der Waals surface area contributed by atoms with Crippen LogP contribution < -0.4 is 0 Å². The number of aliphatic hydroxyl groups is 4. The highest BCUT2D eigenvalue weighted by Crippen LogP contribution is 2.22. The van der Waals surface area contributed by atoms with Gasteiger partial charge in [-0.05, 0) is 12.8 Å². The Kier molecular flexibility index (Phi) is 26.6. The highest BCUT2D eigenvalue weighted by atomic mass is 16.7. The summed E-state index contributed by atoms with van der Waals surface area (Å²) in [6.07, 6.45) is 16.9. The Hall–Kier alpha value is -1.30. The Balaban J connectivity index is 2.42. The first-order valence-corrected chi connectivity index (χ1v) is 18.6. The van der Waals surface area contributed by atoms with Crippen LogP contribution in [0.4, 0.5) is 0 Å². The first-order valence-electron chi connectivity index (χ1n) is 18.6. The third-order valence-corrected chi connectivity index (χ3v) is 8.74. The maximum absolute atomic E-state index is 12.6. The second kappa shape index (κ2) is 28.7. The summed E-state index contributed by atoms with van der Waals surface area (Å²) in [7, 11) is 0. The minimum atomic E-state index is -1.59. The van der Waals surface area contributed by atoms with Crippen molar-refractivity contribution in [2.45, 2.75) is 198 Å². The average Bonchev–Trinajstić information content (AvgIpc) is 3.05. The van der Waals surface area contributed by atoms with Gasteiger partial charge in [-0.15, -0.1) is 0 Å². The van der Waals surface area contributed by atoms with Crippen molar-refractivity contribution in [3.8, 4) is 0 Å². The predicted octanol–water partition coefficient (Wildman–Crippen LogP) is 6.27. The van der Waals surface area contributed by atoms with E-state index in [4.69, 9.17) is 18.9 Å². The average molecular weight is 661 g/mol. The number of carbonyl (C=O) groups excluding carboxylic acids is 2. The van der Waals surface area contributed by atoms with Crippen molar-refractivity contribution >= 4 is 11.9 Å². The number of ether oxygens (including phenoxy) is 4. The lowest BCUT2D eigenvalue weighted by Crippen LogP contribution is -2.59. The molecule has 0 spiro atoms. The monoisotopic (exact) mass is 660 g/mol. The van der Waals surface area contributed by atoms with Gasteiger partial charge < -0.3 is 39.4 Å². The van der Waals surface area contributed by atoms with Crippen molar-refractivity contribution in [1.29, 1.82) is 0 Å². The summed E-state index contributed by atoms with van der Waals surface area (Å²) in [5, 5.41) is 39.8. The molecule has 1 fully saturated rings. The molecule has 0 bridgehead atoms. The third-order valence-electron chi connectivity index (χ3n) is 8.74. The Bertz CT molecular complexity index is 734. The molecule has 272 valence electrons. The van der Waals surface area contributed by atoms with Crippen LogP contribution in [0.1, 0.15) is 162 Å². The van der Waals surface area contributed by atoms with E-state index in [0.29, 0.717) is 6.42 Å². The van der Waals surface area contributed by atoms with E-state index in [1.807, 2.05) is 0 Å². The zero-order chi connectivity index (χ0) is 33.8. The molecule has 1 saturated heterocycles. The molecule has 10 nitrogen and oxygen atoms in total. The predicted molar refractivity (Wildman–Crippen MR) is 178 cm³/mol. The van der Waals surface area contributed by atoms with Gasteiger partial charge in [-0.1, -0.05) is 136 Å². The van der Waals surface area contributed by atoms with Crippen LogP contribution in [0, 0.1) is 0 Å². The number of aliphatic hydroxyl groups excluding tert-OH is 4. The van der Waals surface area contributed by atoms with E-state index >= 15 is 0 Å². The molecule has 0 radical (unpaired) electrons. The molecule has 46 heavy (non-hydrogen) atoms. The lowest BCUT2D eigenvalue weighted by Gasteiger charge is -2.39. The fraction of sp³-hybridized carbons (Fsp3) is 0.944. The molecule has 4 N–H and O–H groups in total. The SMILES string of the molecule is CCCCCCCCCCCCCC(=O)O[C@H](COC(=O)CCCCCCCCCCCC)CO[C@@H]1O[C@H](CO)[C@H](O)C(O)C1O. The van der Waals surface area contributed by atoms with Crippen molar-refractivity contribution in [3.63, 3.8) is 0 Å². The molecule has 0 saturated carbocycles. The maximum atomic E-state index is 12.6. The molecular formula is C36H68O10. The third kappa shape index (κ3) is 20.8. The van der Waals surface area contributed by atoms with E-state index in [1.165, 1.54) is 89.9 Å². The summed E-state index contributed by atoms with van der Waals surface area (Å²) < 4.78 is 22.0. The maximum Gasteiger partial charge on any atom is 0.306 e. The van der Waals surface area contributed by atoms with E-state index in [1.54, 1.807) is 0 Å². The van der Waals surface area contributed by atoms with Crippen molar-refractivity contribution < 1.29 is 49.0 Å². The van der Waals surface area contributed by atoms with Crippen LogP contribution in [0.15, 0.2) is 0 Å². The highest BCUT2D eigenvalue weighted by Gasteiger charge is 2.44. The van der Waals surface area contributed by atoms with Crippen molar-refractivity contribution in [1.82, 2.24) is 0 Å². The molecule has 1 heterocycles. The minimum absolute atomic E-state index is 0.210. The largest absolute Gasteiger partial charge is 0.462 e. The van der Waals surface area contributed by atoms with Crippen LogP contribution in [0.2, 0.25) is 0 Å². The van der Waals surface area contributed by atoms with Crippen LogP contribution in [-0.4, -0.2) is 89.0 Å². The lowest BCUT2D eigenvalue weighted by molar-refractivity contribution is -0.305. The van der Waals surface area contributed by atoms with Crippen LogP contribution >= 0.6 is 0 Å². The Morgan fingerprint density at radius 3 is 1.48 bits per heavy atom. The van der Waals surface area contributed by atoms with E-state index in [-0.39, 0.29) is 32.0 Å². The molecular weight excluding hydrogens is 592 g/mol. The van der Waals surface area contributed by atoms with Gasteiger partial charge in [-0.3, -0.25) is 9.59 Å². The van der Waals surface area contributed by atoms with Gasteiger partial charge >= 0.3 is 11.9 Å². The van der Waals surface area contributed by atoms with Crippen molar-refractivity contribution in [3.05, 3.63) is 0 Å². The summed E-state index contributed by atoms with van der Waals surface area (Å²) >= 11 is 0. The minimum Gasteiger partial charge on any atom is -0.462 e. The molecule has 1 rings (SSSR count). The van der Waals surface area contributed by atoms with Gasteiger partial charge in [-0.2, -0.15) is 0 Å². The van der Waals surface area contributed by atoms with Gasteiger partial charge in [-0.25, -0.2) is 0 Å². The smallest absolute Gasteiger partial charge is 0.306 e. The van der Waals surface area contributed by atoms with E-state index in [0.717, 1.165) is 38.5 Å². The Morgan fingerprint density at radius 1 is 0.587 bits per heavy atom. The van der Waals surface area contributed by atoms with Gasteiger partial charge in [0.1, 0.15) is 31.0 Å². The Morgan fingerprint density at radius 2 is 1.02 bits per heavy atom. The summed E-state index contributed by atoms with van der Waals surface area (Å²) in [6, 6.07) is 0. The summed E-state index contributed by atoms with van der Waals surface area (Å²) in [4.78, 5) is 25.0. The molecule has 0 aromatic carbocycles. The summed E-state index contributed by atoms with van der Waals surface area (Å²) in [6.45, 7) is 3.38. The zero-order valence-electron chi connectivity index (χ0n) is 29.1. The highest BCUT2D eigenvalue weighted by molar-refractivity contribution is 5.70. The number of hydrogen-bond donors (Lipinski definition) is 4. The van der Waals surface area contributed by atoms with Crippen LogP contribution in [0.5, 0.6) is 0 Å². The topological polar surface area (TPSA) is 152 Å². The Labute approximate surface area is 278 Å². The first-order chi connectivity index (χ1) is 22.3. The second-order valence-electron chi connectivity index (χ2n) is 13.0. The second-order valence-corrected chi connectivity index (χ2v) is 13.0. The molecule has 2 unspecified atom stereocenters. The van der Waals surface area contributed by atoms with E-state index in [9.17, 15) is 30.0 Å². The standard InChI is InChI=1S/C36H68O10/c1-3-5-7-9-11-13-15-17-19-21-23-25-32(39)45-29(28-44-36-35(42)34(41)33(40)30(26-37)46-36)27-43-31(38)24-22-20-18-16-14-12-10-8-6-4-2/h29-30,33-37,40-42H,3-28H2,1-2H3/t29-,30-,33+,34?,35?,36-/m1/s1. The quantitative estimate of drug-likeness (QED) is 0.0512. The molecule has 0 amide bonds. The van der Waals surface area contributed by atoms with Gasteiger partial charge in [0, 0.05) is 12.8 Å². The fourth-order valence-corrected chi connectivity index (χ4v) is 5.72. The van der Waals surface area contributed by atoms with Crippen LogP contribution in [0.25, 0.3) is 0 Å². The van der Waals surface area contributed by atoms with Gasteiger partial charge in [0.25, 0.3) is 0 Å². The summed E-state index contributed by atoms with van der Waals surface area (Å²) in [5.74, 6) is -0.803. The molecule has 0 aliphatic carbocycles. The molecule has 6 atom stereocenters. The first kappa shape index (κ1) is 42.7. The van der Waals surface area contributed by atoms with Gasteiger partial charge in [0.15, 0.2) is 12.4 Å². The fourth-order valence-electron chi connectivity index (χ4n) is 5.72. The van der Waals surface area contributed by atoms with E-state index in [2.05, 4.69) is 13.8 Å². The van der Waals surface area contributed by atoms with Crippen LogP contribution in [-0.2, 0) is 28.5 Å². The number of hydrogen-bond acceptors (Lipinski definition) is 10. The van der Waals surface area contributed by atoms with Crippen molar-refractivity contribution in [2.24, 2.45) is 0 Å². The molecule has 1 aliphatic heterocycles. The van der Waals surface area contributed by atoms with Gasteiger partial charge in [0.2, 0.25) is 0 Å². The zero-order valence-corrected chi connectivity index (χ0v) is 29.1. The van der Waals surface area contributed by atoms with Gasteiger partial charge in [0.05, 0.1) is 13.2 Å². The molecule has 0 aromatic heterocycles. The lowest BCUT2D eigenvalue weighted by atomic mass is 9.99. The normalized spacial score (nSPS) is 22.1. The molecule has 10 heteroatoms. The number of rotatable bonds is 30. The van der Waals surface area contributed by atoms with E-state index < -0.39 is 49.4 Å². The number of unbranched alkanes of at least 4 members (excludes halogenated alkanes) is 19. The summed E-state index contributed by atoms with van der Waals surface area (Å²) in [5.41, 5.74) is 0.